The normalized spacial score (nSPS) is 12.4. The molecule has 0 spiro atoms. The first-order chi connectivity index (χ1) is 9.10. The van der Waals surface area contributed by atoms with Gasteiger partial charge in [-0.2, -0.15) is 0 Å². The Balaban J connectivity index is 2.18. The zero-order chi connectivity index (χ0) is 13.8. The topological polar surface area (TPSA) is 0 Å². The van der Waals surface area contributed by atoms with E-state index in [0.717, 1.165) is 16.2 Å². The van der Waals surface area contributed by atoms with Crippen molar-refractivity contribution in [1.82, 2.24) is 0 Å². The first-order valence-corrected chi connectivity index (χ1v) is 8.52. The standard InChI is InChI=1S/C15H12Br2Cl2/c16-9-12(11-2-4-13(17)5-3-11)7-10-1-6-14(18)15(19)8-10/h1-6,8,12H,7,9H2. The van der Waals surface area contributed by atoms with Crippen LogP contribution in [0.1, 0.15) is 17.0 Å². The predicted octanol–water partition coefficient (Wildman–Crippen LogP) is 6.48. The van der Waals surface area contributed by atoms with Gasteiger partial charge in [0.2, 0.25) is 0 Å². The van der Waals surface area contributed by atoms with E-state index in [0.29, 0.717) is 16.0 Å². The summed E-state index contributed by atoms with van der Waals surface area (Å²) in [6.07, 6.45) is 0.934. The number of rotatable bonds is 4. The Bertz CT molecular complexity index is 553. The van der Waals surface area contributed by atoms with Crippen LogP contribution < -0.4 is 0 Å². The zero-order valence-corrected chi connectivity index (χ0v) is 14.7. The van der Waals surface area contributed by atoms with Crippen LogP contribution in [0.4, 0.5) is 0 Å². The third-order valence-electron chi connectivity index (χ3n) is 2.99. The maximum absolute atomic E-state index is 6.06. The van der Waals surface area contributed by atoms with Gasteiger partial charge in [0.25, 0.3) is 0 Å². The summed E-state index contributed by atoms with van der Waals surface area (Å²) in [6.45, 7) is 0. The van der Waals surface area contributed by atoms with E-state index < -0.39 is 0 Å². The van der Waals surface area contributed by atoms with Crippen molar-refractivity contribution < 1.29 is 0 Å². The van der Waals surface area contributed by atoms with Gasteiger partial charge in [-0.25, -0.2) is 0 Å². The summed E-state index contributed by atoms with van der Waals surface area (Å²) < 4.78 is 1.10. The van der Waals surface area contributed by atoms with Gasteiger partial charge in [0.15, 0.2) is 0 Å². The summed E-state index contributed by atoms with van der Waals surface area (Å²) in [5.74, 6) is 0.422. The van der Waals surface area contributed by atoms with E-state index in [2.05, 4.69) is 56.1 Å². The Hall–Kier alpha value is -0.0200. The number of hydrogen-bond donors (Lipinski definition) is 0. The molecule has 0 aromatic heterocycles. The lowest BCUT2D eigenvalue weighted by atomic mass is 9.94. The molecule has 0 saturated carbocycles. The third-order valence-corrected chi connectivity index (χ3v) is 5.04. The van der Waals surface area contributed by atoms with Crippen LogP contribution in [0.3, 0.4) is 0 Å². The van der Waals surface area contributed by atoms with Crippen molar-refractivity contribution in [3.63, 3.8) is 0 Å². The second-order valence-corrected chi connectivity index (χ2v) is 6.73. The van der Waals surface area contributed by atoms with Crippen molar-refractivity contribution in [3.05, 3.63) is 68.1 Å². The quantitative estimate of drug-likeness (QED) is 0.495. The molecule has 0 heterocycles. The van der Waals surface area contributed by atoms with E-state index in [-0.39, 0.29) is 0 Å². The Kier molecular flexibility index (Phi) is 5.76. The van der Waals surface area contributed by atoms with Crippen molar-refractivity contribution in [2.75, 3.05) is 5.33 Å². The van der Waals surface area contributed by atoms with Crippen molar-refractivity contribution in [2.24, 2.45) is 0 Å². The summed E-state index contributed by atoms with van der Waals surface area (Å²) in [7, 11) is 0. The van der Waals surface area contributed by atoms with Crippen molar-refractivity contribution in [3.8, 4) is 0 Å². The summed E-state index contributed by atoms with van der Waals surface area (Å²) in [5.41, 5.74) is 2.51. The molecule has 0 nitrogen and oxygen atoms in total. The minimum absolute atomic E-state index is 0.422. The molecule has 2 aromatic carbocycles. The molecule has 0 saturated heterocycles. The molecule has 100 valence electrons. The van der Waals surface area contributed by atoms with Crippen LogP contribution in [0.25, 0.3) is 0 Å². The maximum atomic E-state index is 6.06. The van der Waals surface area contributed by atoms with Gasteiger partial charge in [-0.15, -0.1) is 0 Å². The smallest absolute Gasteiger partial charge is 0.0595 e. The number of halogens is 4. The molecule has 0 N–H and O–H groups in total. The highest BCUT2D eigenvalue weighted by Gasteiger charge is 2.12. The molecule has 0 aliphatic heterocycles. The molecule has 0 radical (unpaired) electrons. The number of alkyl halides is 1. The van der Waals surface area contributed by atoms with Gasteiger partial charge >= 0.3 is 0 Å². The molecule has 0 aliphatic carbocycles. The molecule has 0 bridgehead atoms. The highest BCUT2D eigenvalue weighted by molar-refractivity contribution is 9.10. The Labute approximate surface area is 140 Å². The second kappa shape index (κ2) is 7.12. The molecule has 0 amide bonds. The summed E-state index contributed by atoms with van der Waals surface area (Å²) >= 11 is 19.0. The largest absolute Gasteiger partial charge is 0.0921 e. The van der Waals surface area contributed by atoms with Crippen molar-refractivity contribution in [1.29, 1.82) is 0 Å². The monoisotopic (exact) mass is 420 g/mol. The van der Waals surface area contributed by atoms with Crippen LogP contribution in [0.15, 0.2) is 46.9 Å². The molecule has 4 heteroatoms. The van der Waals surface area contributed by atoms with Gasteiger partial charge in [-0.05, 0) is 47.7 Å². The van der Waals surface area contributed by atoms with E-state index in [1.165, 1.54) is 11.1 Å². The van der Waals surface area contributed by atoms with Gasteiger partial charge in [-0.3, -0.25) is 0 Å². The number of benzene rings is 2. The van der Waals surface area contributed by atoms with Gasteiger partial charge in [-0.1, -0.05) is 73.3 Å². The van der Waals surface area contributed by atoms with Crippen molar-refractivity contribution >= 4 is 55.1 Å². The van der Waals surface area contributed by atoms with Crippen molar-refractivity contribution in [2.45, 2.75) is 12.3 Å². The molecule has 0 aliphatic rings. The first kappa shape index (κ1) is 15.4. The lowest BCUT2D eigenvalue weighted by Crippen LogP contribution is -2.04. The van der Waals surface area contributed by atoms with Crippen LogP contribution in [0.5, 0.6) is 0 Å². The second-order valence-electron chi connectivity index (χ2n) is 4.36. The molecule has 2 aromatic rings. The van der Waals surface area contributed by atoms with E-state index in [9.17, 15) is 0 Å². The van der Waals surface area contributed by atoms with Gasteiger partial charge in [0.05, 0.1) is 10.0 Å². The molecule has 1 atom stereocenters. The minimum atomic E-state index is 0.422. The van der Waals surface area contributed by atoms with E-state index in [1.54, 1.807) is 0 Å². The fraction of sp³-hybridized carbons (Fsp3) is 0.200. The molecular weight excluding hydrogens is 411 g/mol. The molecule has 0 fully saturated rings. The van der Waals surface area contributed by atoms with E-state index in [4.69, 9.17) is 23.2 Å². The fourth-order valence-corrected chi connectivity index (χ4v) is 3.14. The van der Waals surface area contributed by atoms with E-state index in [1.807, 2.05) is 18.2 Å². The summed E-state index contributed by atoms with van der Waals surface area (Å²) in [4.78, 5) is 0. The number of hydrogen-bond acceptors (Lipinski definition) is 0. The average Bonchev–Trinajstić information content (AvgIpc) is 2.41. The zero-order valence-electron chi connectivity index (χ0n) is 10.0. The lowest BCUT2D eigenvalue weighted by Gasteiger charge is -2.15. The van der Waals surface area contributed by atoms with Crippen LogP contribution in [-0.2, 0) is 6.42 Å². The Morgan fingerprint density at radius 2 is 1.63 bits per heavy atom. The van der Waals surface area contributed by atoms with Crippen LogP contribution in [0.2, 0.25) is 10.0 Å². The minimum Gasteiger partial charge on any atom is -0.0921 e. The predicted molar refractivity (Wildman–Crippen MR) is 90.8 cm³/mol. The highest BCUT2D eigenvalue weighted by atomic mass is 79.9. The first-order valence-electron chi connectivity index (χ1n) is 5.85. The maximum Gasteiger partial charge on any atom is 0.0595 e. The fourth-order valence-electron chi connectivity index (χ4n) is 1.95. The SMILES string of the molecule is Clc1ccc(CC(CBr)c2ccc(Br)cc2)cc1Cl. The van der Waals surface area contributed by atoms with Gasteiger partial charge in [0, 0.05) is 9.80 Å². The van der Waals surface area contributed by atoms with Gasteiger partial charge < -0.3 is 0 Å². The van der Waals surface area contributed by atoms with Crippen LogP contribution in [-0.4, -0.2) is 5.33 Å². The summed E-state index contributed by atoms with van der Waals surface area (Å²) in [5, 5.41) is 2.13. The lowest BCUT2D eigenvalue weighted by molar-refractivity contribution is 0.775. The van der Waals surface area contributed by atoms with Gasteiger partial charge in [0.1, 0.15) is 0 Å². The van der Waals surface area contributed by atoms with Crippen LogP contribution >= 0.6 is 55.1 Å². The Morgan fingerprint density at radius 1 is 0.947 bits per heavy atom. The third kappa shape index (κ3) is 4.22. The summed E-state index contributed by atoms with van der Waals surface area (Å²) in [6, 6.07) is 14.3. The molecule has 19 heavy (non-hydrogen) atoms. The highest BCUT2D eigenvalue weighted by Crippen LogP contribution is 2.28. The van der Waals surface area contributed by atoms with Crippen LogP contribution in [0, 0.1) is 0 Å². The average molecular weight is 423 g/mol. The molecular formula is C15H12Br2Cl2. The van der Waals surface area contributed by atoms with E-state index >= 15 is 0 Å². The molecule has 2 rings (SSSR count). The Morgan fingerprint density at radius 3 is 2.21 bits per heavy atom. The molecule has 1 unspecified atom stereocenters.